The van der Waals surface area contributed by atoms with Crippen LogP contribution in [0.25, 0.3) is 10.8 Å². The minimum Gasteiger partial charge on any atom is -0.450 e. The molecule has 2 N–H and O–H groups in total. The smallest absolute Gasteiger partial charge is 0.409 e. The third-order valence-electron chi connectivity index (χ3n) is 6.90. The van der Waals surface area contributed by atoms with Crippen molar-refractivity contribution in [1.82, 2.24) is 9.62 Å². The summed E-state index contributed by atoms with van der Waals surface area (Å²) in [6.45, 7) is 6.79. The summed E-state index contributed by atoms with van der Waals surface area (Å²) in [6.07, 6.45) is 0.851. The number of aryl methyl sites for hydroxylation is 1. The molecule has 0 aromatic heterocycles. The Bertz CT molecular complexity index is 1410. The Morgan fingerprint density at radius 2 is 1.70 bits per heavy atom. The van der Waals surface area contributed by atoms with E-state index in [1.807, 2.05) is 38.1 Å². The van der Waals surface area contributed by atoms with Gasteiger partial charge in [0.15, 0.2) is 0 Å². The van der Waals surface area contributed by atoms with Crippen molar-refractivity contribution in [2.24, 2.45) is 5.92 Å². The Morgan fingerprint density at radius 3 is 2.41 bits per heavy atom. The van der Waals surface area contributed by atoms with E-state index in [1.54, 1.807) is 42.2 Å². The first-order chi connectivity index (χ1) is 17.7. The van der Waals surface area contributed by atoms with Gasteiger partial charge >= 0.3 is 6.09 Å². The van der Waals surface area contributed by atoms with Crippen LogP contribution in [-0.2, 0) is 14.8 Å². The summed E-state index contributed by atoms with van der Waals surface area (Å²) in [5.41, 5.74) is 1.95. The zero-order valence-corrected chi connectivity index (χ0v) is 22.2. The van der Waals surface area contributed by atoms with Crippen LogP contribution in [0.4, 0.5) is 10.5 Å². The van der Waals surface area contributed by atoms with E-state index >= 15 is 0 Å². The number of hydrogen-bond donors (Lipinski definition) is 2. The third kappa shape index (κ3) is 5.78. The number of piperidine rings is 1. The quantitative estimate of drug-likeness (QED) is 0.457. The normalized spacial score (nSPS) is 18.0. The minimum atomic E-state index is -3.88. The summed E-state index contributed by atoms with van der Waals surface area (Å²) < 4.78 is 35.2. The summed E-state index contributed by atoms with van der Waals surface area (Å²) in [5.74, 6) is -0.289. The number of rotatable bonds is 7. The van der Waals surface area contributed by atoms with Gasteiger partial charge in [0.2, 0.25) is 10.0 Å². The van der Waals surface area contributed by atoms with Crippen LogP contribution in [0.2, 0.25) is 0 Å². The standard InChI is InChI=1S/C28H33N3O5S/c1-4-20-18-31(28(33)36-5-2)17-16-24(20)30-37(34,35)26-15-14-25(22-12-8-9-13-23(22)26)29-27(32)21-11-7-6-10-19(21)3/h6-15,20,24,30H,4-5,16-18H2,1-3H3,(H,29,32)/t20-,24+/m0/s1. The van der Waals surface area contributed by atoms with Crippen LogP contribution in [0, 0.1) is 12.8 Å². The van der Waals surface area contributed by atoms with Gasteiger partial charge in [-0.15, -0.1) is 0 Å². The zero-order chi connectivity index (χ0) is 26.6. The van der Waals surface area contributed by atoms with Gasteiger partial charge < -0.3 is 15.0 Å². The van der Waals surface area contributed by atoms with Crippen molar-refractivity contribution in [3.8, 4) is 0 Å². The van der Waals surface area contributed by atoms with Crippen molar-refractivity contribution in [2.75, 3.05) is 25.0 Å². The molecule has 0 bridgehead atoms. The largest absolute Gasteiger partial charge is 0.450 e. The lowest BCUT2D eigenvalue weighted by Crippen LogP contribution is -2.52. The van der Waals surface area contributed by atoms with E-state index < -0.39 is 10.0 Å². The van der Waals surface area contributed by atoms with Gasteiger partial charge in [-0.2, -0.15) is 0 Å². The second kappa shape index (κ2) is 11.3. The van der Waals surface area contributed by atoms with Crippen molar-refractivity contribution < 1.29 is 22.7 Å². The lowest BCUT2D eigenvalue weighted by atomic mass is 9.91. The van der Waals surface area contributed by atoms with Gasteiger partial charge in [-0.1, -0.05) is 55.8 Å². The van der Waals surface area contributed by atoms with Gasteiger partial charge in [0.1, 0.15) is 0 Å². The monoisotopic (exact) mass is 523 g/mol. The highest BCUT2D eigenvalue weighted by molar-refractivity contribution is 7.89. The number of ether oxygens (including phenoxy) is 1. The summed E-state index contributed by atoms with van der Waals surface area (Å²) in [4.78, 5) is 26.9. The number of anilines is 1. The second-order valence-corrected chi connectivity index (χ2v) is 10.9. The SMILES string of the molecule is CCOC(=O)N1CC[C@@H](NS(=O)(=O)c2ccc(NC(=O)c3ccccc3C)c3ccccc23)[C@@H](CC)C1. The molecule has 0 aliphatic carbocycles. The molecule has 1 fully saturated rings. The number of benzene rings is 3. The molecule has 9 heteroatoms. The van der Waals surface area contributed by atoms with Crippen LogP contribution < -0.4 is 10.0 Å². The number of sulfonamides is 1. The molecule has 196 valence electrons. The van der Waals surface area contributed by atoms with Gasteiger partial charge in [-0.25, -0.2) is 17.9 Å². The highest BCUT2D eigenvalue weighted by Crippen LogP contribution is 2.31. The molecule has 0 spiro atoms. The maximum atomic E-state index is 13.6. The van der Waals surface area contributed by atoms with Crippen LogP contribution in [-0.4, -0.2) is 51.1 Å². The fraction of sp³-hybridized carbons (Fsp3) is 0.357. The fourth-order valence-electron chi connectivity index (χ4n) is 4.88. The molecule has 0 radical (unpaired) electrons. The third-order valence-corrected chi connectivity index (χ3v) is 8.45. The van der Waals surface area contributed by atoms with E-state index in [1.165, 1.54) is 6.07 Å². The van der Waals surface area contributed by atoms with Crippen LogP contribution in [0.5, 0.6) is 0 Å². The molecular formula is C28H33N3O5S. The summed E-state index contributed by atoms with van der Waals surface area (Å²) >= 11 is 0. The number of likely N-dealkylation sites (tertiary alicyclic amines) is 1. The zero-order valence-electron chi connectivity index (χ0n) is 21.4. The van der Waals surface area contributed by atoms with Crippen LogP contribution >= 0.6 is 0 Å². The molecule has 1 aliphatic heterocycles. The van der Waals surface area contributed by atoms with Gasteiger partial charge in [0.25, 0.3) is 5.91 Å². The molecule has 1 aliphatic rings. The molecule has 3 aromatic rings. The van der Waals surface area contributed by atoms with Crippen molar-refractivity contribution >= 4 is 38.5 Å². The lowest BCUT2D eigenvalue weighted by Gasteiger charge is -2.37. The number of hydrogen-bond acceptors (Lipinski definition) is 5. The van der Waals surface area contributed by atoms with Gasteiger partial charge in [-0.3, -0.25) is 4.79 Å². The van der Waals surface area contributed by atoms with Crippen molar-refractivity contribution in [3.05, 3.63) is 71.8 Å². The van der Waals surface area contributed by atoms with Gasteiger partial charge in [-0.05, 0) is 49.9 Å². The summed E-state index contributed by atoms with van der Waals surface area (Å²) in [6, 6.07) is 17.3. The summed E-state index contributed by atoms with van der Waals surface area (Å²) in [5, 5.41) is 4.10. The Morgan fingerprint density at radius 1 is 1.00 bits per heavy atom. The molecule has 8 nitrogen and oxygen atoms in total. The maximum absolute atomic E-state index is 13.6. The van der Waals surface area contributed by atoms with Crippen LogP contribution in [0.1, 0.15) is 42.6 Å². The maximum Gasteiger partial charge on any atom is 0.409 e. The molecule has 2 atom stereocenters. The van der Waals surface area contributed by atoms with Crippen molar-refractivity contribution in [2.45, 2.75) is 44.6 Å². The fourth-order valence-corrected chi connectivity index (χ4v) is 6.43. The van der Waals surface area contributed by atoms with E-state index in [0.717, 1.165) is 5.56 Å². The van der Waals surface area contributed by atoms with E-state index in [-0.39, 0.29) is 28.9 Å². The van der Waals surface area contributed by atoms with Crippen molar-refractivity contribution in [3.63, 3.8) is 0 Å². The van der Waals surface area contributed by atoms with Crippen LogP contribution in [0.15, 0.2) is 65.6 Å². The Balaban J connectivity index is 1.59. The predicted octanol–water partition coefficient (Wildman–Crippen LogP) is 4.94. The van der Waals surface area contributed by atoms with Crippen LogP contribution in [0.3, 0.4) is 0 Å². The Hall–Kier alpha value is -3.43. The predicted molar refractivity (Wildman–Crippen MR) is 144 cm³/mol. The molecule has 1 saturated heterocycles. The number of nitrogens with one attached hydrogen (secondary N) is 2. The van der Waals surface area contributed by atoms with Crippen molar-refractivity contribution in [1.29, 1.82) is 0 Å². The number of fused-ring (bicyclic) bond motifs is 1. The second-order valence-electron chi connectivity index (χ2n) is 9.26. The number of carbonyl (C=O) groups is 2. The molecule has 0 saturated carbocycles. The highest BCUT2D eigenvalue weighted by atomic mass is 32.2. The average molecular weight is 524 g/mol. The molecule has 0 unspecified atom stereocenters. The van der Waals surface area contributed by atoms with Gasteiger partial charge in [0, 0.05) is 41.2 Å². The van der Waals surface area contributed by atoms with E-state index in [2.05, 4.69) is 10.0 Å². The average Bonchev–Trinajstić information content (AvgIpc) is 2.89. The topological polar surface area (TPSA) is 105 Å². The first-order valence-corrected chi connectivity index (χ1v) is 14.1. The molecule has 37 heavy (non-hydrogen) atoms. The molecule has 4 rings (SSSR count). The Labute approximate surface area is 218 Å². The summed E-state index contributed by atoms with van der Waals surface area (Å²) in [7, 11) is -3.88. The van der Waals surface area contributed by atoms with E-state index in [9.17, 15) is 18.0 Å². The van der Waals surface area contributed by atoms with Gasteiger partial charge in [0.05, 0.1) is 11.5 Å². The Kier molecular flexibility index (Phi) is 8.14. The first kappa shape index (κ1) is 26.6. The first-order valence-electron chi connectivity index (χ1n) is 12.6. The molecular weight excluding hydrogens is 490 g/mol. The molecule has 3 aromatic carbocycles. The number of carbonyl (C=O) groups excluding carboxylic acids is 2. The minimum absolute atomic E-state index is 0.0353. The van der Waals surface area contributed by atoms with E-state index in [0.29, 0.717) is 54.6 Å². The number of nitrogens with zero attached hydrogens (tertiary/aromatic N) is 1. The molecule has 1 heterocycles. The lowest BCUT2D eigenvalue weighted by molar-refractivity contribution is 0.0811. The number of amides is 2. The highest BCUT2D eigenvalue weighted by Gasteiger charge is 2.34. The van der Waals surface area contributed by atoms with E-state index in [4.69, 9.17) is 4.74 Å². The molecule has 2 amide bonds.